The fourth-order valence-electron chi connectivity index (χ4n) is 2.54. The fraction of sp³-hybridized carbons (Fsp3) is 0.533. The summed E-state index contributed by atoms with van der Waals surface area (Å²) in [5.41, 5.74) is 0.920. The Kier molecular flexibility index (Phi) is 6.30. The normalized spacial score (nSPS) is 14.6. The molecule has 1 heterocycles. The molecule has 0 radical (unpaired) electrons. The van der Waals surface area contributed by atoms with Crippen LogP contribution in [0.15, 0.2) is 18.2 Å². The number of hydrogen-bond acceptors (Lipinski definition) is 5. The van der Waals surface area contributed by atoms with E-state index in [-0.39, 0.29) is 11.6 Å². The molecule has 2 rings (SSSR count). The average molecular weight is 323 g/mol. The van der Waals surface area contributed by atoms with E-state index in [1.807, 2.05) is 0 Å². The van der Waals surface area contributed by atoms with Crippen LogP contribution in [0.1, 0.15) is 16.8 Å². The van der Waals surface area contributed by atoms with Crippen molar-refractivity contribution in [1.29, 1.82) is 0 Å². The van der Waals surface area contributed by atoms with Crippen LogP contribution in [0.2, 0.25) is 0 Å². The first kappa shape index (κ1) is 17.2. The summed E-state index contributed by atoms with van der Waals surface area (Å²) >= 11 is 0. The monoisotopic (exact) mass is 323 g/mol. The van der Waals surface area contributed by atoms with Gasteiger partial charge in [-0.3, -0.25) is 14.9 Å². The highest BCUT2D eigenvalue weighted by Crippen LogP contribution is 2.23. The number of methoxy groups -OCH3 is 1. The predicted octanol–water partition coefficient (Wildman–Crippen LogP) is 0.0624. The first-order valence-electron chi connectivity index (χ1n) is 7.75. The molecule has 1 aliphatic rings. The van der Waals surface area contributed by atoms with Crippen LogP contribution in [0.4, 0.5) is 11.4 Å². The van der Waals surface area contributed by atoms with Crippen molar-refractivity contribution in [3.05, 3.63) is 33.9 Å². The highest BCUT2D eigenvalue weighted by molar-refractivity contribution is 6.00. The number of nitrogens with two attached hydrogens (primary N) is 1. The Balaban J connectivity index is 2.19. The summed E-state index contributed by atoms with van der Waals surface area (Å²) in [5.74, 6) is -0.156. The molecular weight excluding hydrogens is 300 g/mol. The lowest BCUT2D eigenvalue weighted by Gasteiger charge is -2.26. The van der Waals surface area contributed by atoms with E-state index in [1.54, 1.807) is 18.1 Å². The number of nitro groups is 1. The van der Waals surface area contributed by atoms with Crippen molar-refractivity contribution in [2.75, 3.05) is 51.8 Å². The number of carbonyl (C=O) groups is 1. The van der Waals surface area contributed by atoms with Crippen molar-refractivity contribution in [3.63, 3.8) is 0 Å². The van der Waals surface area contributed by atoms with E-state index in [0.717, 1.165) is 19.5 Å². The Hall–Kier alpha value is -2.19. The molecule has 1 aromatic carbocycles. The number of nitrogens with one attached hydrogen (secondary N) is 1. The van der Waals surface area contributed by atoms with Gasteiger partial charge in [-0.15, -0.1) is 0 Å². The topological polar surface area (TPSA) is 101 Å². The molecule has 0 aromatic heterocycles. The summed E-state index contributed by atoms with van der Waals surface area (Å²) in [7, 11) is 1.63. The van der Waals surface area contributed by atoms with E-state index in [2.05, 4.69) is 10.6 Å². The van der Waals surface area contributed by atoms with E-state index in [9.17, 15) is 14.9 Å². The Morgan fingerprint density at radius 1 is 1.43 bits per heavy atom. The lowest BCUT2D eigenvalue weighted by Crippen LogP contribution is -2.89. The number of anilines is 1. The van der Waals surface area contributed by atoms with Crippen LogP contribution < -0.4 is 10.6 Å². The van der Waals surface area contributed by atoms with Crippen molar-refractivity contribution in [2.24, 2.45) is 0 Å². The predicted molar refractivity (Wildman–Crippen MR) is 85.6 cm³/mol. The third-order valence-electron chi connectivity index (χ3n) is 3.78. The number of benzene rings is 1. The van der Waals surface area contributed by atoms with E-state index in [0.29, 0.717) is 37.5 Å². The lowest BCUT2D eigenvalue weighted by atomic mass is 10.1. The van der Waals surface area contributed by atoms with Gasteiger partial charge in [0.05, 0.1) is 36.7 Å². The number of nitrogens with zero attached hydrogens (tertiary/aromatic N) is 2. The van der Waals surface area contributed by atoms with Crippen molar-refractivity contribution in [2.45, 2.75) is 6.42 Å². The van der Waals surface area contributed by atoms with Gasteiger partial charge in [0.15, 0.2) is 0 Å². The molecule has 0 unspecified atom stereocenters. The molecule has 1 aliphatic heterocycles. The van der Waals surface area contributed by atoms with Gasteiger partial charge in [0.1, 0.15) is 0 Å². The van der Waals surface area contributed by atoms with Crippen LogP contribution in [-0.2, 0) is 4.74 Å². The fourth-order valence-corrected chi connectivity index (χ4v) is 2.54. The number of amides is 1. The maximum absolute atomic E-state index is 12.7. The van der Waals surface area contributed by atoms with Gasteiger partial charge < -0.3 is 20.3 Å². The summed E-state index contributed by atoms with van der Waals surface area (Å²) in [6.45, 7) is 4.29. The molecule has 8 heteroatoms. The first-order valence-corrected chi connectivity index (χ1v) is 7.75. The molecule has 3 N–H and O–H groups in total. The summed E-state index contributed by atoms with van der Waals surface area (Å²) in [6, 6.07) is 4.38. The summed E-state index contributed by atoms with van der Waals surface area (Å²) in [5, 5.41) is 16.3. The number of hydrogen-bond donors (Lipinski definition) is 2. The minimum Gasteiger partial charge on any atom is -0.385 e. The molecule has 0 saturated carbocycles. The summed E-state index contributed by atoms with van der Waals surface area (Å²) in [4.78, 5) is 25.0. The first-order chi connectivity index (χ1) is 11.1. The molecule has 8 nitrogen and oxygen atoms in total. The number of rotatable bonds is 7. The number of carbonyl (C=O) groups excluding carboxylic acids is 1. The van der Waals surface area contributed by atoms with Crippen LogP contribution >= 0.6 is 0 Å². The second-order valence-corrected chi connectivity index (χ2v) is 5.42. The van der Waals surface area contributed by atoms with Crippen molar-refractivity contribution in [1.82, 2.24) is 4.90 Å². The second kappa shape index (κ2) is 8.44. The van der Waals surface area contributed by atoms with Crippen molar-refractivity contribution < 1.29 is 19.8 Å². The molecule has 0 spiro atoms. The zero-order valence-electron chi connectivity index (χ0n) is 13.3. The van der Waals surface area contributed by atoms with Gasteiger partial charge in [0.25, 0.3) is 11.6 Å². The standard InChI is InChI=1S/C15H22N4O4/c1-23-10-2-5-17-14-4-3-12(19(21)22)11-13(14)15(20)18-8-6-16-7-9-18/h3-4,11,16-17H,2,5-10H2,1H3/p+1. The molecule has 126 valence electrons. The van der Waals surface area contributed by atoms with Crippen LogP contribution in [0.5, 0.6) is 0 Å². The largest absolute Gasteiger partial charge is 0.385 e. The second-order valence-electron chi connectivity index (χ2n) is 5.42. The zero-order chi connectivity index (χ0) is 16.7. The number of quaternary nitrogens is 1. The van der Waals surface area contributed by atoms with E-state index in [4.69, 9.17) is 4.74 Å². The highest BCUT2D eigenvalue weighted by atomic mass is 16.6. The molecule has 1 fully saturated rings. The van der Waals surface area contributed by atoms with Gasteiger partial charge in [0, 0.05) is 38.1 Å². The molecule has 1 amide bonds. The van der Waals surface area contributed by atoms with Gasteiger partial charge in [-0.2, -0.15) is 0 Å². The minimum absolute atomic E-state index is 0.0700. The Morgan fingerprint density at radius 3 is 2.83 bits per heavy atom. The third-order valence-corrected chi connectivity index (χ3v) is 3.78. The average Bonchev–Trinajstić information content (AvgIpc) is 2.59. The lowest BCUT2D eigenvalue weighted by molar-refractivity contribution is -0.661. The number of nitro benzene ring substituents is 1. The molecule has 0 atom stereocenters. The molecule has 23 heavy (non-hydrogen) atoms. The molecular formula is C15H23N4O4+. The minimum atomic E-state index is -0.477. The van der Waals surface area contributed by atoms with E-state index < -0.39 is 4.92 Å². The van der Waals surface area contributed by atoms with Gasteiger partial charge in [0.2, 0.25) is 0 Å². The smallest absolute Gasteiger partial charge is 0.270 e. The third kappa shape index (κ3) is 4.64. The molecule has 1 saturated heterocycles. The Labute approximate surface area is 134 Å². The van der Waals surface area contributed by atoms with Crippen LogP contribution in [0.3, 0.4) is 0 Å². The van der Waals surface area contributed by atoms with Crippen LogP contribution in [-0.4, -0.2) is 62.2 Å². The number of ether oxygens (including phenoxy) is 1. The van der Waals surface area contributed by atoms with Crippen LogP contribution in [0.25, 0.3) is 0 Å². The van der Waals surface area contributed by atoms with Crippen molar-refractivity contribution in [3.8, 4) is 0 Å². The SMILES string of the molecule is COCCCNc1ccc([N+](=O)[O-])cc1C(=O)N1CC[NH2+]CC1. The van der Waals surface area contributed by atoms with Crippen LogP contribution in [0, 0.1) is 10.1 Å². The summed E-state index contributed by atoms with van der Waals surface area (Å²) < 4.78 is 5.00. The molecule has 1 aromatic rings. The zero-order valence-corrected chi connectivity index (χ0v) is 13.3. The Bertz CT molecular complexity index is 558. The van der Waals surface area contributed by atoms with Crippen molar-refractivity contribution >= 4 is 17.3 Å². The quantitative estimate of drug-likeness (QED) is 0.420. The van der Waals surface area contributed by atoms with Gasteiger partial charge in [-0.25, -0.2) is 0 Å². The number of non-ortho nitro benzene ring substituents is 1. The Morgan fingerprint density at radius 2 is 2.17 bits per heavy atom. The van der Waals surface area contributed by atoms with E-state index in [1.165, 1.54) is 12.1 Å². The van der Waals surface area contributed by atoms with Gasteiger partial charge in [-0.05, 0) is 12.5 Å². The molecule has 0 bridgehead atoms. The summed E-state index contributed by atoms with van der Waals surface area (Å²) in [6.07, 6.45) is 0.791. The highest BCUT2D eigenvalue weighted by Gasteiger charge is 2.24. The maximum atomic E-state index is 12.7. The van der Waals surface area contributed by atoms with Gasteiger partial charge >= 0.3 is 0 Å². The number of piperazine rings is 1. The van der Waals surface area contributed by atoms with E-state index >= 15 is 0 Å². The maximum Gasteiger partial charge on any atom is 0.270 e. The molecule has 0 aliphatic carbocycles. The van der Waals surface area contributed by atoms with Gasteiger partial charge in [-0.1, -0.05) is 0 Å².